The average molecular weight is 322 g/mol. The standard InChI is InChI=1S/C16H17BrFN/c1-2-11-19-16(12-7-4-3-5-8-12)13-9-6-10-14(18)15(13)17/h3-10,16,19H,2,11H2,1H3. The second-order valence-electron chi connectivity index (χ2n) is 4.44. The van der Waals surface area contributed by atoms with Gasteiger partial charge in [-0.2, -0.15) is 0 Å². The monoisotopic (exact) mass is 321 g/mol. The van der Waals surface area contributed by atoms with Crippen LogP contribution in [0.4, 0.5) is 4.39 Å². The zero-order chi connectivity index (χ0) is 13.7. The molecule has 19 heavy (non-hydrogen) atoms. The van der Waals surface area contributed by atoms with Gasteiger partial charge < -0.3 is 5.32 Å². The van der Waals surface area contributed by atoms with Crippen LogP contribution in [0.1, 0.15) is 30.5 Å². The van der Waals surface area contributed by atoms with Crippen molar-refractivity contribution in [2.75, 3.05) is 6.54 Å². The van der Waals surface area contributed by atoms with Gasteiger partial charge in [-0.05, 0) is 46.1 Å². The fourth-order valence-corrected chi connectivity index (χ4v) is 2.58. The second-order valence-corrected chi connectivity index (χ2v) is 5.23. The third-order valence-electron chi connectivity index (χ3n) is 3.02. The lowest BCUT2D eigenvalue weighted by atomic mass is 9.98. The number of rotatable bonds is 5. The summed E-state index contributed by atoms with van der Waals surface area (Å²) in [6, 6.07) is 15.3. The normalized spacial score (nSPS) is 12.4. The van der Waals surface area contributed by atoms with Gasteiger partial charge in [-0.1, -0.05) is 49.4 Å². The smallest absolute Gasteiger partial charge is 0.137 e. The summed E-state index contributed by atoms with van der Waals surface area (Å²) in [6.07, 6.45) is 1.04. The fourth-order valence-electron chi connectivity index (χ4n) is 2.08. The predicted molar refractivity (Wildman–Crippen MR) is 80.7 cm³/mol. The fraction of sp³-hybridized carbons (Fsp3) is 0.250. The van der Waals surface area contributed by atoms with Crippen molar-refractivity contribution >= 4 is 15.9 Å². The SMILES string of the molecule is CCCNC(c1ccccc1)c1cccc(F)c1Br. The lowest BCUT2D eigenvalue weighted by Gasteiger charge is -2.21. The first-order chi connectivity index (χ1) is 9.24. The molecule has 0 aliphatic heterocycles. The quantitative estimate of drug-likeness (QED) is 0.843. The second kappa shape index (κ2) is 6.83. The van der Waals surface area contributed by atoms with E-state index in [4.69, 9.17) is 0 Å². The van der Waals surface area contributed by atoms with Crippen LogP contribution < -0.4 is 5.32 Å². The molecule has 0 radical (unpaired) electrons. The van der Waals surface area contributed by atoms with E-state index in [1.54, 1.807) is 6.07 Å². The summed E-state index contributed by atoms with van der Waals surface area (Å²) in [6.45, 7) is 3.01. The Hall–Kier alpha value is -1.19. The molecule has 1 unspecified atom stereocenters. The van der Waals surface area contributed by atoms with Gasteiger partial charge in [-0.25, -0.2) is 4.39 Å². The highest BCUT2D eigenvalue weighted by molar-refractivity contribution is 9.10. The minimum absolute atomic E-state index is 0.00576. The van der Waals surface area contributed by atoms with Crippen molar-refractivity contribution in [2.24, 2.45) is 0 Å². The van der Waals surface area contributed by atoms with E-state index >= 15 is 0 Å². The van der Waals surface area contributed by atoms with Crippen LogP contribution in [0.2, 0.25) is 0 Å². The van der Waals surface area contributed by atoms with E-state index in [2.05, 4.69) is 40.3 Å². The summed E-state index contributed by atoms with van der Waals surface area (Å²) in [4.78, 5) is 0. The first-order valence-corrected chi connectivity index (χ1v) is 7.25. The average Bonchev–Trinajstić information content (AvgIpc) is 2.45. The highest BCUT2D eigenvalue weighted by Gasteiger charge is 2.17. The van der Waals surface area contributed by atoms with E-state index in [1.807, 2.05) is 24.3 Å². The number of benzene rings is 2. The van der Waals surface area contributed by atoms with Crippen LogP contribution >= 0.6 is 15.9 Å². The van der Waals surface area contributed by atoms with Crippen molar-refractivity contribution < 1.29 is 4.39 Å². The Morgan fingerprint density at radius 3 is 2.53 bits per heavy atom. The van der Waals surface area contributed by atoms with Gasteiger partial charge in [0.2, 0.25) is 0 Å². The van der Waals surface area contributed by atoms with Gasteiger partial charge in [0.1, 0.15) is 5.82 Å². The Morgan fingerprint density at radius 1 is 1.11 bits per heavy atom. The maximum absolute atomic E-state index is 13.7. The largest absolute Gasteiger partial charge is 0.306 e. The number of hydrogen-bond donors (Lipinski definition) is 1. The Kier molecular flexibility index (Phi) is 5.11. The van der Waals surface area contributed by atoms with Crippen molar-refractivity contribution in [1.29, 1.82) is 0 Å². The molecule has 0 aromatic heterocycles. The molecule has 0 spiro atoms. The molecule has 1 N–H and O–H groups in total. The molecule has 2 aromatic rings. The number of halogens is 2. The Bertz CT molecular complexity index is 528. The van der Waals surface area contributed by atoms with Crippen LogP contribution in [0.5, 0.6) is 0 Å². The molecule has 2 rings (SSSR count). The highest BCUT2D eigenvalue weighted by Crippen LogP contribution is 2.30. The molecule has 0 bridgehead atoms. The summed E-state index contributed by atoms with van der Waals surface area (Å²) < 4.78 is 14.2. The molecule has 3 heteroatoms. The maximum Gasteiger partial charge on any atom is 0.137 e. The lowest BCUT2D eigenvalue weighted by molar-refractivity contribution is 0.580. The van der Waals surface area contributed by atoms with E-state index in [1.165, 1.54) is 6.07 Å². The predicted octanol–water partition coefficient (Wildman–Crippen LogP) is 4.68. The van der Waals surface area contributed by atoms with Crippen LogP contribution in [0.3, 0.4) is 0 Å². The van der Waals surface area contributed by atoms with Crippen molar-refractivity contribution in [3.05, 3.63) is 69.9 Å². The molecule has 0 saturated carbocycles. The van der Waals surface area contributed by atoms with Gasteiger partial charge >= 0.3 is 0 Å². The Labute approximate surface area is 122 Å². The lowest BCUT2D eigenvalue weighted by Crippen LogP contribution is -2.23. The molecule has 1 atom stereocenters. The van der Waals surface area contributed by atoms with Crippen LogP contribution in [-0.2, 0) is 0 Å². The summed E-state index contributed by atoms with van der Waals surface area (Å²) in [5.41, 5.74) is 2.07. The van der Waals surface area contributed by atoms with Crippen molar-refractivity contribution in [1.82, 2.24) is 5.32 Å². The zero-order valence-electron chi connectivity index (χ0n) is 10.9. The molecular weight excluding hydrogens is 305 g/mol. The third kappa shape index (κ3) is 3.43. The molecule has 100 valence electrons. The van der Waals surface area contributed by atoms with Crippen LogP contribution in [0.15, 0.2) is 53.0 Å². The van der Waals surface area contributed by atoms with E-state index in [9.17, 15) is 4.39 Å². The maximum atomic E-state index is 13.7. The van der Waals surface area contributed by atoms with Gasteiger partial charge in [0, 0.05) is 0 Å². The molecule has 2 aromatic carbocycles. The van der Waals surface area contributed by atoms with Gasteiger partial charge in [-0.3, -0.25) is 0 Å². The summed E-state index contributed by atoms with van der Waals surface area (Å²) in [5.74, 6) is -0.225. The van der Waals surface area contributed by atoms with Gasteiger partial charge in [0.15, 0.2) is 0 Å². The van der Waals surface area contributed by atoms with Crippen molar-refractivity contribution in [3.63, 3.8) is 0 Å². The molecule has 0 heterocycles. The molecule has 0 amide bonds. The minimum Gasteiger partial charge on any atom is -0.306 e. The van der Waals surface area contributed by atoms with Crippen molar-refractivity contribution in [2.45, 2.75) is 19.4 Å². The summed E-state index contributed by atoms with van der Waals surface area (Å²) >= 11 is 3.36. The summed E-state index contributed by atoms with van der Waals surface area (Å²) in [5, 5.41) is 3.47. The molecule has 0 aliphatic rings. The molecule has 0 fully saturated rings. The third-order valence-corrected chi connectivity index (χ3v) is 3.86. The van der Waals surface area contributed by atoms with Crippen LogP contribution in [0, 0.1) is 5.82 Å². The number of hydrogen-bond acceptors (Lipinski definition) is 1. The van der Waals surface area contributed by atoms with E-state index in [0.717, 1.165) is 24.1 Å². The highest BCUT2D eigenvalue weighted by atomic mass is 79.9. The Balaban J connectivity index is 2.40. The van der Waals surface area contributed by atoms with Gasteiger partial charge in [-0.15, -0.1) is 0 Å². The zero-order valence-corrected chi connectivity index (χ0v) is 12.5. The van der Waals surface area contributed by atoms with Gasteiger partial charge in [0.05, 0.1) is 10.5 Å². The first-order valence-electron chi connectivity index (χ1n) is 6.46. The van der Waals surface area contributed by atoms with E-state index in [-0.39, 0.29) is 11.9 Å². The van der Waals surface area contributed by atoms with E-state index in [0.29, 0.717) is 4.47 Å². The molecular formula is C16H17BrFN. The van der Waals surface area contributed by atoms with Crippen molar-refractivity contribution in [3.8, 4) is 0 Å². The molecule has 1 nitrogen and oxygen atoms in total. The van der Waals surface area contributed by atoms with Crippen LogP contribution in [-0.4, -0.2) is 6.54 Å². The molecule has 0 aliphatic carbocycles. The summed E-state index contributed by atoms with van der Waals surface area (Å²) in [7, 11) is 0. The Morgan fingerprint density at radius 2 is 1.84 bits per heavy atom. The van der Waals surface area contributed by atoms with E-state index < -0.39 is 0 Å². The molecule has 0 saturated heterocycles. The van der Waals surface area contributed by atoms with Crippen LogP contribution in [0.25, 0.3) is 0 Å². The van der Waals surface area contributed by atoms with Gasteiger partial charge in [0.25, 0.3) is 0 Å². The first kappa shape index (κ1) is 14.2. The topological polar surface area (TPSA) is 12.0 Å². The minimum atomic E-state index is -0.225. The number of nitrogens with one attached hydrogen (secondary N) is 1.